The first-order valence-corrected chi connectivity index (χ1v) is 7.82. The Hall–Kier alpha value is -0.570. The Morgan fingerprint density at radius 2 is 2.11 bits per heavy atom. The van der Waals surface area contributed by atoms with E-state index in [1.807, 2.05) is 20.8 Å². The van der Waals surface area contributed by atoms with Crippen LogP contribution in [0.4, 0.5) is 0 Å². The molecule has 1 aliphatic heterocycles. The summed E-state index contributed by atoms with van der Waals surface area (Å²) in [6, 6.07) is 0. The standard InChI is InChI=1S/C16H29NO2/c1-5-12-8-6-7-9-16(12)11-17-10-13(16)14(18)19-15(2,3)4/h12-13,17H,5-11H2,1-4H3. The van der Waals surface area contributed by atoms with Crippen LogP contribution in [0.5, 0.6) is 0 Å². The van der Waals surface area contributed by atoms with Gasteiger partial charge in [-0.05, 0) is 39.5 Å². The highest BCUT2D eigenvalue weighted by atomic mass is 16.6. The highest BCUT2D eigenvalue weighted by Gasteiger charge is 2.52. The molecule has 3 nitrogen and oxygen atoms in total. The molecule has 3 heteroatoms. The van der Waals surface area contributed by atoms with E-state index in [0.29, 0.717) is 5.92 Å². The van der Waals surface area contributed by atoms with Crippen LogP contribution < -0.4 is 5.32 Å². The minimum absolute atomic E-state index is 0.0119. The van der Waals surface area contributed by atoms with Gasteiger partial charge in [0.05, 0.1) is 5.92 Å². The van der Waals surface area contributed by atoms with Crippen LogP contribution in [0.25, 0.3) is 0 Å². The van der Waals surface area contributed by atoms with E-state index in [9.17, 15) is 4.79 Å². The van der Waals surface area contributed by atoms with Crippen molar-refractivity contribution in [3.05, 3.63) is 0 Å². The molecule has 0 aromatic carbocycles. The van der Waals surface area contributed by atoms with Gasteiger partial charge in [0.1, 0.15) is 5.60 Å². The van der Waals surface area contributed by atoms with Gasteiger partial charge in [-0.3, -0.25) is 4.79 Å². The Kier molecular flexibility index (Phi) is 4.24. The lowest BCUT2D eigenvalue weighted by molar-refractivity contribution is -0.165. The van der Waals surface area contributed by atoms with Crippen LogP contribution in [0.2, 0.25) is 0 Å². The molecule has 2 rings (SSSR count). The van der Waals surface area contributed by atoms with Gasteiger partial charge < -0.3 is 10.1 Å². The third-order valence-electron chi connectivity index (χ3n) is 4.94. The molecule has 3 unspecified atom stereocenters. The minimum Gasteiger partial charge on any atom is -0.460 e. The van der Waals surface area contributed by atoms with Crippen LogP contribution in [0.15, 0.2) is 0 Å². The van der Waals surface area contributed by atoms with Gasteiger partial charge in [0.2, 0.25) is 0 Å². The van der Waals surface area contributed by atoms with Gasteiger partial charge in [0.15, 0.2) is 0 Å². The van der Waals surface area contributed by atoms with E-state index in [1.165, 1.54) is 32.1 Å². The molecule has 0 bridgehead atoms. The maximum absolute atomic E-state index is 12.5. The number of carbonyl (C=O) groups is 1. The quantitative estimate of drug-likeness (QED) is 0.781. The second kappa shape index (κ2) is 5.43. The Morgan fingerprint density at radius 3 is 2.74 bits per heavy atom. The zero-order valence-corrected chi connectivity index (χ0v) is 12.9. The van der Waals surface area contributed by atoms with Crippen LogP contribution >= 0.6 is 0 Å². The molecular weight excluding hydrogens is 238 g/mol. The average molecular weight is 267 g/mol. The first-order chi connectivity index (χ1) is 8.89. The summed E-state index contributed by atoms with van der Waals surface area (Å²) in [5.74, 6) is 0.739. The van der Waals surface area contributed by atoms with Gasteiger partial charge in [-0.2, -0.15) is 0 Å². The predicted molar refractivity (Wildman–Crippen MR) is 76.9 cm³/mol. The van der Waals surface area contributed by atoms with Gasteiger partial charge in [-0.1, -0.05) is 26.2 Å². The lowest BCUT2D eigenvalue weighted by Crippen LogP contribution is -2.45. The van der Waals surface area contributed by atoms with E-state index in [4.69, 9.17) is 4.74 Å². The van der Waals surface area contributed by atoms with Crippen molar-refractivity contribution in [3.63, 3.8) is 0 Å². The fourth-order valence-electron chi connectivity index (χ4n) is 4.11. The fraction of sp³-hybridized carbons (Fsp3) is 0.938. The largest absolute Gasteiger partial charge is 0.460 e. The number of hydrogen-bond donors (Lipinski definition) is 1. The number of ether oxygens (including phenoxy) is 1. The first kappa shape index (κ1) is 14.8. The summed E-state index contributed by atoms with van der Waals surface area (Å²) in [4.78, 5) is 12.5. The Bertz CT molecular complexity index is 334. The molecule has 0 aromatic heterocycles. The number of hydrogen-bond acceptors (Lipinski definition) is 3. The molecular formula is C16H29NO2. The Balaban J connectivity index is 2.17. The van der Waals surface area contributed by atoms with Crippen molar-refractivity contribution < 1.29 is 9.53 Å². The zero-order valence-electron chi connectivity index (χ0n) is 12.9. The maximum Gasteiger partial charge on any atom is 0.311 e. The second-order valence-corrected chi connectivity index (χ2v) is 7.30. The Labute approximate surface area is 117 Å². The molecule has 3 atom stereocenters. The Morgan fingerprint density at radius 1 is 1.37 bits per heavy atom. The number of carbonyl (C=O) groups excluding carboxylic acids is 1. The summed E-state index contributed by atoms with van der Waals surface area (Å²) in [5, 5.41) is 3.46. The van der Waals surface area contributed by atoms with Crippen LogP contribution in [-0.2, 0) is 9.53 Å². The normalized spacial score (nSPS) is 35.6. The molecule has 1 saturated carbocycles. The predicted octanol–water partition coefficient (Wildman–Crippen LogP) is 3.13. The average Bonchev–Trinajstić information content (AvgIpc) is 2.72. The third kappa shape index (κ3) is 2.96. The van der Waals surface area contributed by atoms with E-state index in [1.54, 1.807) is 0 Å². The molecule has 1 aliphatic carbocycles. The topological polar surface area (TPSA) is 38.3 Å². The molecule has 1 heterocycles. The minimum atomic E-state index is -0.378. The van der Waals surface area contributed by atoms with Crippen LogP contribution in [0.3, 0.4) is 0 Å². The number of esters is 1. The van der Waals surface area contributed by atoms with Crippen LogP contribution in [-0.4, -0.2) is 24.7 Å². The monoisotopic (exact) mass is 267 g/mol. The van der Waals surface area contributed by atoms with Crippen LogP contribution in [0.1, 0.15) is 59.8 Å². The van der Waals surface area contributed by atoms with Gasteiger partial charge in [-0.15, -0.1) is 0 Å². The molecule has 2 aliphatic rings. The molecule has 0 amide bonds. The van der Waals surface area contributed by atoms with Gasteiger partial charge in [0, 0.05) is 18.5 Å². The lowest BCUT2D eigenvalue weighted by Gasteiger charge is -2.44. The summed E-state index contributed by atoms with van der Waals surface area (Å²) >= 11 is 0. The molecule has 1 N–H and O–H groups in total. The van der Waals surface area contributed by atoms with Crippen molar-refractivity contribution >= 4 is 5.97 Å². The molecule has 1 saturated heterocycles. The van der Waals surface area contributed by atoms with E-state index < -0.39 is 0 Å². The van der Waals surface area contributed by atoms with Crippen molar-refractivity contribution in [1.82, 2.24) is 5.32 Å². The van der Waals surface area contributed by atoms with Crippen molar-refractivity contribution in [2.45, 2.75) is 65.4 Å². The zero-order chi connectivity index (χ0) is 14.1. The summed E-state index contributed by atoms with van der Waals surface area (Å²) in [5.41, 5.74) is -0.216. The second-order valence-electron chi connectivity index (χ2n) is 7.30. The van der Waals surface area contributed by atoms with Gasteiger partial charge in [0.25, 0.3) is 0 Å². The highest BCUT2D eigenvalue weighted by Crippen LogP contribution is 2.50. The third-order valence-corrected chi connectivity index (χ3v) is 4.94. The molecule has 0 aromatic rings. The summed E-state index contributed by atoms with van der Waals surface area (Å²) in [6.45, 7) is 9.93. The molecule has 1 spiro atoms. The molecule has 2 fully saturated rings. The molecule has 0 radical (unpaired) electrons. The smallest absolute Gasteiger partial charge is 0.311 e. The van der Waals surface area contributed by atoms with Gasteiger partial charge in [-0.25, -0.2) is 0 Å². The van der Waals surface area contributed by atoms with Crippen molar-refractivity contribution in [2.24, 2.45) is 17.3 Å². The SMILES string of the molecule is CCC1CCCCC12CNCC2C(=O)OC(C)(C)C. The summed E-state index contributed by atoms with van der Waals surface area (Å²) in [7, 11) is 0. The number of nitrogens with one attached hydrogen (secondary N) is 1. The molecule has 110 valence electrons. The maximum atomic E-state index is 12.5. The van der Waals surface area contributed by atoms with Crippen molar-refractivity contribution in [1.29, 1.82) is 0 Å². The van der Waals surface area contributed by atoms with Crippen molar-refractivity contribution in [2.75, 3.05) is 13.1 Å². The van der Waals surface area contributed by atoms with Gasteiger partial charge >= 0.3 is 5.97 Å². The van der Waals surface area contributed by atoms with E-state index in [2.05, 4.69) is 12.2 Å². The molecule has 19 heavy (non-hydrogen) atoms. The highest BCUT2D eigenvalue weighted by molar-refractivity contribution is 5.75. The van der Waals surface area contributed by atoms with E-state index >= 15 is 0 Å². The first-order valence-electron chi connectivity index (χ1n) is 7.82. The summed E-state index contributed by atoms with van der Waals surface area (Å²) in [6.07, 6.45) is 6.22. The summed E-state index contributed by atoms with van der Waals surface area (Å²) < 4.78 is 5.66. The fourth-order valence-corrected chi connectivity index (χ4v) is 4.11. The van der Waals surface area contributed by atoms with Crippen molar-refractivity contribution in [3.8, 4) is 0 Å². The van der Waals surface area contributed by atoms with Crippen LogP contribution in [0, 0.1) is 17.3 Å². The van der Waals surface area contributed by atoms with E-state index in [0.717, 1.165) is 13.1 Å². The number of rotatable bonds is 2. The lowest BCUT2D eigenvalue weighted by atomic mass is 9.60. The van der Waals surface area contributed by atoms with E-state index in [-0.39, 0.29) is 22.9 Å².